The smallest absolute Gasteiger partial charge is 0.418 e. The number of para-hydroxylation sites is 1. The molecule has 0 unspecified atom stereocenters. The number of amides is 1. The van der Waals surface area contributed by atoms with Gasteiger partial charge in [-0.25, -0.2) is 19.6 Å². The summed E-state index contributed by atoms with van der Waals surface area (Å²) in [4.78, 5) is 29.2. The van der Waals surface area contributed by atoms with E-state index in [-0.39, 0.29) is 35.0 Å². The Morgan fingerprint density at radius 1 is 1.11 bits per heavy atom. The van der Waals surface area contributed by atoms with Gasteiger partial charge in [-0.1, -0.05) is 12.1 Å². The van der Waals surface area contributed by atoms with Crippen molar-refractivity contribution in [1.29, 1.82) is 0 Å². The Labute approximate surface area is 197 Å². The van der Waals surface area contributed by atoms with Crippen molar-refractivity contribution < 1.29 is 27.4 Å². The van der Waals surface area contributed by atoms with Gasteiger partial charge in [-0.2, -0.15) is 18.3 Å². The predicted molar refractivity (Wildman–Crippen MR) is 118 cm³/mol. The molecule has 35 heavy (non-hydrogen) atoms. The van der Waals surface area contributed by atoms with E-state index in [4.69, 9.17) is 9.47 Å². The van der Waals surface area contributed by atoms with Gasteiger partial charge < -0.3 is 14.8 Å². The second kappa shape index (κ2) is 10.0. The van der Waals surface area contributed by atoms with Gasteiger partial charge in [0.05, 0.1) is 42.1 Å². The topological polar surface area (TPSA) is 117 Å². The highest BCUT2D eigenvalue weighted by Gasteiger charge is 2.34. The summed E-state index contributed by atoms with van der Waals surface area (Å²) in [5.41, 5.74) is -0.329. The summed E-state index contributed by atoms with van der Waals surface area (Å²) in [6.07, 6.45) is -0.459. The van der Waals surface area contributed by atoms with Gasteiger partial charge in [0, 0.05) is 6.61 Å². The summed E-state index contributed by atoms with van der Waals surface area (Å²) in [5.74, 6) is -0.395. The van der Waals surface area contributed by atoms with Gasteiger partial charge in [0.15, 0.2) is 11.5 Å². The number of carbonyl (C=O) groups excluding carboxylic acids is 1. The van der Waals surface area contributed by atoms with E-state index in [0.29, 0.717) is 12.3 Å². The number of halogens is 3. The minimum absolute atomic E-state index is 0.0411. The highest BCUT2D eigenvalue weighted by molar-refractivity contribution is 5.94. The maximum absolute atomic E-state index is 13.5. The van der Waals surface area contributed by atoms with E-state index in [9.17, 15) is 18.0 Å². The molecule has 182 valence electrons. The Balaban J connectivity index is 1.66. The number of ether oxygens (including phenoxy) is 2. The molecule has 13 heteroatoms. The lowest BCUT2D eigenvalue weighted by Crippen LogP contribution is -2.37. The van der Waals surface area contributed by atoms with Gasteiger partial charge in [-0.15, -0.1) is 0 Å². The molecule has 10 nitrogen and oxygen atoms in total. The van der Waals surface area contributed by atoms with Gasteiger partial charge in [0.1, 0.15) is 11.7 Å². The molecule has 1 amide bonds. The maximum Gasteiger partial charge on any atom is 0.418 e. The molecule has 0 aliphatic carbocycles. The molecule has 4 rings (SSSR count). The SMILES string of the molecule is CCOC[C@H](Oc1ncnc2c1cnn2-c1ccccc1C(F)(F)F)C(=O)Nc1cnc(C)cn1. The average Bonchev–Trinajstić information content (AvgIpc) is 3.27. The fourth-order valence-corrected chi connectivity index (χ4v) is 3.18. The molecule has 1 aromatic carbocycles. The van der Waals surface area contributed by atoms with Crippen LogP contribution in [-0.2, 0) is 15.7 Å². The number of benzene rings is 1. The maximum atomic E-state index is 13.5. The first kappa shape index (κ1) is 24.0. The van der Waals surface area contributed by atoms with Gasteiger partial charge >= 0.3 is 6.18 Å². The second-order valence-corrected chi connectivity index (χ2v) is 7.29. The number of nitrogens with one attached hydrogen (secondary N) is 1. The van der Waals surface area contributed by atoms with Crippen LogP contribution in [0.15, 0.2) is 49.2 Å². The van der Waals surface area contributed by atoms with Crippen LogP contribution in [0.1, 0.15) is 18.2 Å². The molecular formula is C22H20F3N7O3. The number of alkyl halides is 3. The van der Waals surface area contributed by atoms with Crippen molar-refractivity contribution in [1.82, 2.24) is 29.7 Å². The van der Waals surface area contributed by atoms with E-state index in [1.54, 1.807) is 13.8 Å². The highest BCUT2D eigenvalue weighted by atomic mass is 19.4. The minimum Gasteiger partial charge on any atom is -0.461 e. The Hall–Kier alpha value is -4.13. The lowest BCUT2D eigenvalue weighted by molar-refractivity contribution is -0.137. The predicted octanol–water partition coefficient (Wildman–Crippen LogP) is 3.36. The second-order valence-electron chi connectivity index (χ2n) is 7.29. The van der Waals surface area contributed by atoms with E-state index >= 15 is 0 Å². The van der Waals surface area contributed by atoms with Crippen LogP contribution < -0.4 is 10.1 Å². The molecule has 0 aliphatic rings. The summed E-state index contributed by atoms with van der Waals surface area (Å²) in [6.45, 7) is 3.72. The quantitative estimate of drug-likeness (QED) is 0.402. The Morgan fingerprint density at radius 3 is 2.63 bits per heavy atom. The van der Waals surface area contributed by atoms with Crippen LogP contribution in [0.5, 0.6) is 5.88 Å². The third-order valence-electron chi connectivity index (χ3n) is 4.82. The normalized spacial score (nSPS) is 12.5. The first-order valence-corrected chi connectivity index (χ1v) is 10.5. The number of aryl methyl sites for hydroxylation is 1. The largest absolute Gasteiger partial charge is 0.461 e. The Bertz CT molecular complexity index is 1330. The molecule has 0 saturated carbocycles. The van der Waals surface area contributed by atoms with Gasteiger partial charge in [0.25, 0.3) is 5.91 Å². The zero-order valence-corrected chi connectivity index (χ0v) is 18.7. The molecule has 0 bridgehead atoms. The summed E-state index contributed by atoms with van der Waals surface area (Å²) in [5, 5.41) is 6.89. The number of hydrogen-bond acceptors (Lipinski definition) is 8. The van der Waals surface area contributed by atoms with Crippen molar-refractivity contribution in [2.24, 2.45) is 0 Å². The van der Waals surface area contributed by atoms with Crippen molar-refractivity contribution in [2.45, 2.75) is 26.1 Å². The van der Waals surface area contributed by atoms with Crippen LogP contribution in [0.4, 0.5) is 19.0 Å². The lowest BCUT2D eigenvalue weighted by Gasteiger charge is -2.18. The molecule has 0 saturated heterocycles. The molecule has 0 aliphatic heterocycles. The van der Waals surface area contributed by atoms with Crippen molar-refractivity contribution in [3.8, 4) is 11.6 Å². The van der Waals surface area contributed by atoms with Crippen molar-refractivity contribution in [2.75, 3.05) is 18.5 Å². The molecular weight excluding hydrogens is 467 g/mol. The van der Waals surface area contributed by atoms with Crippen LogP contribution in [0, 0.1) is 6.92 Å². The molecule has 0 spiro atoms. The number of anilines is 1. The van der Waals surface area contributed by atoms with Crippen LogP contribution in [0.3, 0.4) is 0 Å². The van der Waals surface area contributed by atoms with E-state index in [0.717, 1.165) is 17.1 Å². The van der Waals surface area contributed by atoms with E-state index in [1.807, 2.05) is 0 Å². The van der Waals surface area contributed by atoms with Gasteiger partial charge in [-0.3, -0.25) is 9.78 Å². The first-order valence-electron chi connectivity index (χ1n) is 10.5. The standard InChI is InChI=1S/C22H20F3N7O3/c1-3-34-11-17(20(33)31-18-10-26-13(2)8-27-18)35-21-14-9-30-32(19(14)28-12-29-21)16-7-5-4-6-15(16)22(23,24)25/h4-10,12,17H,3,11H2,1-2H3,(H,27,31,33)/t17-/m0/s1. The summed E-state index contributed by atoms with van der Waals surface area (Å²) >= 11 is 0. The van der Waals surface area contributed by atoms with Crippen LogP contribution in [0.2, 0.25) is 0 Å². The third kappa shape index (κ3) is 5.35. The summed E-state index contributed by atoms with van der Waals surface area (Å²) < 4.78 is 52.8. The molecule has 0 radical (unpaired) electrons. The molecule has 3 heterocycles. The van der Waals surface area contributed by atoms with Crippen molar-refractivity contribution >= 4 is 22.8 Å². The number of nitrogens with zero attached hydrogens (tertiary/aromatic N) is 6. The minimum atomic E-state index is -4.60. The Morgan fingerprint density at radius 2 is 1.91 bits per heavy atom. The summed E-state index contributed by atoms with van der Waals surface area (Å²) in [7, 11) is 0. The number of rotatable bonds is 8. The van der Waals surface area contributed by atoms with Gasteiger partial charge in [0.2, 0.25) is 12.0 Å². The fourth-order valence-electron chi connectivity index (χ4n) is 3.18. The van der Waals surface area contributed by atoms with E-state index in [1.165, 1.54) is 36.8 Å². The van der Waals surface area contributed by atoms with Crippen LogP contribution in [-0.4, -0.2) is 54.9 Å². The van der Waals surface area contributed by atoms with Crippen LogP contribution in [0.25, 0.3) is 16.7 Å². The highest BCUT2D eigenvalue weighted by Crippen LogP contribution is 2.35. The number of fused-ring (bicyclic) bond motifs is 1. The fraction of sp³-hybridized carbons (Fsp3) is 0.273. The van der Waals surface area contributed by atoms with E-state index in [2.05, 4.69) is 30.4 Å². The van der Waals surface area contributed by atoms with Crippen molar-refractivity contribution in [3.05, 3.63) is 60.4 Å². The molecule has 1 atom stereocenters. The molecule has 3 aromatic heterocycles. The monoisotopic (exact) mass is 487 g/mol. The third-order valence-corrected chi connectivity index (χ3v) is 4.82. The zero-order valence-electron chi connectivity index (χ0n) is 18.7. The number of hydrogen-bond donors (Lipinski definition) is 1. The lowest BCUT2D eigenvalue weighted by atomic mass is 10.1. The molecule has 0 fully saturated rings. The van der Waals surface area contributed by atoms with Crippen LogP contribution >= 0.6 is 0 Å². The van der Waals surface area contributed by atoms with E-state index < -0.39 is 23.8 Å². The zero-order chi connectivity index (χ0) is 25.0. The number of aromatic nitrogens is 6. The molecule has 4 aromatic rings. The molecule has 1 N–H and O–H groups in total. The average molecular weight is 487 g/mol. The first-order chi connectivity index (χ1) is 16.8. The van der Waals surface area contributed by atoms with Crippen molar-refractivity contribution in [3.63, 3.8) is 0 Å². The van der Waals surface area contributed by atoms with Gasteiger partial charge in [-0.05, 0) is 26.0 Å². The summed E-state index contributed by atoms with van der Waals surface area (Å²) in [6, 6.07) is 4.99. The Kier molecular flexibility index (Phi) is 6.87. The number of carbonyl (C=O) groups is 1.